The van der Waals surface area contributed by atoms with Gasteiger partial charge in [-0.05, 0) is 18.6 Å². The average Bonchev–Trinajstić information content (AvgIpc) is 2.24. The van der Waals surface area contributed by atoms with Crippen molar-refractivity contribution < 1.29 is 21.9 Å². The second-order valence-corrected chi connectivity index (χ2v) is 5.65. The van der Waals surface area contributed by atoms with Gasteiger partial charge in [0.05, 0.1) is 12.4 Å². The van der Waals surface area contributed by atoms with Crippen LogP contribution in [-0.2, 0) is 10.0 Å². The molecule has 0 fully saturated rings. The van der Waals surface area contributed by atoms with Crippen LogP contribution >= 0.6 is 0 Å². The molecule has 0 aliphatic heterocycles. The number of benzene rings is 1. The number of hydrogen-bond acceptors (Lipinski definition) is 3. The standard InChI is InChI=1S/C11H15F2NO3S/c1-2-8(7-18(14,15)16)6-17-11-4-3-9(12)5-10(11)13/h3-5,8H,2,6-7H2,1H3,(H2,14,15,16). The monoisotopic (exact) mass is 279 g/mol. The number of halogens is 2. The number of primary sulfonamides is 1. The van der Waals surface area contributed by atoms with Gasteiger partial charge in [-0.1, -0.05) is 6.92 Å². The van der Waals surface area contributed by atoms with E-state index in [1.807, 2.05) is 0 Å². The summed E-state index contributed by atoms with van der Waals surface area (Å²) in [6, 6.07) is 2.93. The molecule has 1 aromatic carbocycles. The largest absolute Gasteiger partial charge is 0.490 e. The van der Waals surface area contributed by atoms with E-state index in [1.54, 1.807) is 6.92 Å². The van der Waals surface area contributed by atoms with Crippen molar-refractivity contribution in [3.8, 4) is 5.75 Å². The van der Waals surface area contributed by atoms with E-state index in [0.29, 0.717) is 12.5 Å². The van der Waals surface area contributed by atoms with Gasteiger partial charge in [-0.15, -0.1) is 0 Å². The fraction of sp³-hybridized carbons (Fsp3) is 0.455. The summed E-state index contributed by atoms with van der Waals surface area (Å²) in [5.41, 5.74) is 0. The highest BCUT2D eigenvalue weighted by molar-refractivity contribution is 7.89. The van der Waals surface area contributed by atoms with Crippen LogP contribution in [0.5, 0.6) is 5.75 Å². The maximum Gasteiger partial charge on any atom is 0.209 e. The first-order valence-corrected chi connectivity index (χ1v) is 7.11. The third-order valence-corrected chi connectivity index (χ3v) is 3.35. The summed E-state index contributed by atoms with van der Waals surface area (Å²) in [6.45, 7) is 1.79. The van der Waals surface area contributed by atoms with Crippen molar-refractivity contribution in [3.05, 3.63) is 29.8 Å². The van der Waals surface area contributed by atoms with E-state index >= 15 is 0 Å². The summed E-state index contributed by atoms with van der Waals surface area (Å²) in [4.78, 5) is 0. The lowest BCUT2D eigenvalue weighted by Gasteiger charge is -2.15. The first-order valence-electron chi connectivity index (χ1n) is 5.40. The van der Waals surface area contributed by atoms with E-state index in [-0.39, 0.29) is 24.0 Å². The lowest BCUT2D eigenvalue weighted by molar-refractivity contribution is 0.246. The number of sulfonamides is 1. The Morgan fingerprint density at radius 2 is 2.06 bits per heavy atom. The molecule has 2 N–H and O–H groups in total. The first kappa shape index (κ1) is 14.8. The molecule has 102 valence electrons. The molecule has 1 unspecified atom stereocenters. The minimum absolute atomic E-state index is 0.00941. The van der Waals surface area contributed by atoms with Crippen LogP contribution in [0.4, 0.5) is 8.78 Å². The maximum absolute atomic E-state index is 13.2. The molecule has 18 heavy (non-hydrogen) atoms. The summed E-state index contributed by atoms with van der Waals surface area (Å²) in [5.74, 6) is -2.18. The zero-order valence-electron chi connectivity index (χ0n) is 9.90. The predicted octanol–water partition coefficient (Wildman–Crippen LogP) is 1.66. The molecular weight excluding hydrogens is 264 g/mol. The SMILES string of the molecule is CCC(COc1ccc(F)cc1F)CS(N)(=O)=O. The number of hydrogen-bond donors (Lipinski definition) is 1. The van der Waals surface area contributed by atoms with Crippen LogP contribution in [-0.4, -0.2) is 20.8 Å². The molecule has 0 saturated heterocycles. The van der Waals surface area contributed by atoms with Crippen LogP contribution < -0.4 is 9.88 Å². The van der Waals surface area contributed by atoms with Gasteiger partial charge in [0.25, 0.3) is 0 Å². The zero-order chi connectivity index (χ0) is 13.8. The summed E-state index contributed by atoms with van der Waals surface area (Å²) >= 11 is 0. The smallest absolute Gasteiger partial charge is 0.209 e. The molecule has 4 nitrogen and oxygen atoms in total. The van der Waals surface area contributed by atoms with E-state index in [0.717, 1.165) is 12.1 Å². The molecule has 0 aliphatic carbocycles. The van der Waals surface area contributed by atoms with Gasteiger partial charge in [0, 0.05) is 12.0 Å². The van der Waals surface area contributed by atoms with Gasteiger partial charge in [-0.25, -0.2) is 22.3 Å². The second kappa shape index (κ2) is 6.10. The Labute approximate surface area is 105 Å². The van der Waals surface area contributed by atoms with Crippen LogP contribution in [0, 0.1) is 17.6 Å². The fourth-order valence-corrected chi connectivity index (χ4v) is 2.40. The van der Waals surface area contributed by atoms with E-state index in [2.05, 4.69) is 0 Å². The lowest BCUT2D eigenvalue weighted by Crippen LogP contribution is -2.26. The lowest BCUT2D eigenvalue weighted by atomic mass is 10.1. The molecular formula is C11H15F2NO3S. The van der Waals surface area contributed by atoms with Crippen molar-refractivity contribution in [1.82, 2.24) is 0 Å². The first-order chi connectivity index (χ1) is 8.31. The molecule has 0 radical (unpaired) electrons. The van der Waals surface area contributed by atoms with E-state index < -0.39 is 21.7 Å². The van der Waals surface area contributed by atoms with E-state index in [4.69, 9.17) is 9.88 Å². The van der Waals surface area contributed by atoms with Gasteiger partial charge < -0.3 is 4.74 Å². The van der Waals surface area contributed by atoms with Gasteiger partial charge >= 0.3 is 0 Å². The quantitative estimate of drug-likeness (QED) is 0.861. The molecule has 1 rings (SSSR count). The molecule has 0 spiro atoms. The molecule has 0 heterocycles. The summed E-state index contributed by atoms with van der Waals surface area (Å²) in [7, 11) is -3.59. The van der Waals surface area contributed by atoms with Gasteiger partial charge in [-0.3, -0.25) is 0 Å². The highest BCUT2D eigenvalue weighted by Crippen LogP contribution is 2.19. The van der Waals surface area contributed by atoms with Crippen molar-refractivity contribution in [2.75, 3.05) is 12.4 Å². The normalized spacial score (nSPS) is 13.3. The van der Waals surface area contributed by atoms with E-state index in [9.17, 15) is 17.2 Å². The molecule has 0 bridgehead atoms. The van der Waals surface area contributed by atoms with Crippen LogP contribution in [0.15, 0.2) is 18.2 Å². The van der Waals surface area contributed by atoms with Crippen molar-refractivity contribution in [2.24, 2.45) is 11.1 Å². The molecule has 0 saturated carbocycles. The van der Waals surface area contributed by atoms with Crippen molar-refractivity contribution in [1.29, 1.82) is 0 Å². The highest BCUT2D eigenvalue weighted by atomic mass is 32.2. The van der Waals surface area contributed by atoms with Gasteiger partial charge in [0.2, 0.25) is 10.0 Å². The number of rotatable bonds is 6. The predicted molar refractivity (Wildman–Crippen MR) is 63.6 cm³/mol. The Morgan fingerprint density at radius 3 is 2.56 bits per heavy atom. The number of ether oxygens (including phenoxy) is 1. The Morgan fingerprint density at radius 1 is 1.39 bits per heavy atom. The van der Waals surface area contributed by atoms with Crippen molar-refractivity contribution >= 4 is 10.0 Å². The highest BCUT2D eigenvalue weighted by Gasteiger charge is 2.16. The van der Waals surface area contributed by atoms with Crippen LogP contribution in [0.3, 0.4) is 0 Å². The second-order valence-electron chi connectivity index (χ2n) is 3.99. The van der Waals surface area contributed by atoms with Crippen molar-refractivity contribution in [3.63, 3.8) is 0 Å². The summed E-state index contributed by atoms with van der Waals surface area (Å²) < 4.78 is 52.9. The van der Waals surface area contributed by atoms with E-state index in [1.165, 1.54) is 0 Å². The third kappa shape index (κ3) is 4.97. The third-order valence-electron chi connectivity index (χ3n) is 2.41. The Bertz CT molecular complexity index is 505. The average molecular weight is 279 g/mol. The Hall–Kier alpha value is -1.21. The van der Waals surface area contributed by atoms with Crippen molar-refractivity contribution in [2.45, 2.75) is 13.3 Å². The summed E-state index contributed by atoms with van der Waals surface area (Å²) in [5, 5.41) is 4.92. The molecule has 0 aromatic heterocycles. The minimum Gasteiger partial charge on any atom is -0.490 e. The molecule has 1 aromatic rings. The summed E-state index contributed by atoms with van der Waals surface area (Å²) in [6.07, 6.45) is 0.527. The van der Waals surface area contributed by atoms with Gasteiger partial charge in [0.1, 0.15) is 5.82 Å². The Balaban J connectivity index is 2.62. The van der Waals surface area contributed by atoms with Gasteiger partial charge in [0.15, 0.2) is 11.6 Å². The molecule has 0 amide bonds. The van der Waals surface area contributed by atoms with Gasteiger partial charge in [-0.2, -0.15) is 0 Å². The van der Waals surface area contributed by atoms with Crippen LogP contribution in [0.2, 0.25) is 0 Å². The zero-order valence-corrected chi connectivity index (χ0v) is 10.7. The Kier molecular flexibility index (Phi) is 5.03. The topological polar surface area (TPSA) is 69.4 Å². The van der Waals surface area contributed by atoms with Crippen LogP contribution in [0.1, 0.15) is 13.3 Å². The minimum atomic E-state index is -3.59. The molecule has 0 aliphatic rings. The molecule has 1 atom stereocenters. The number of nitrogens with two attached hydrogens (primary N) is 1. The maximum atomic E-state index is 13.2. The fourth-order valence-electron chi connectivity index (χ4n) is 1.41. The molecule has 7 heteroatoms. The van der Waals surface area contributed by atoms with Crippen LogP contribution in [0.25, 0.3) is 0 Å².